The van der Waals surface area contributed by atoms with Crippen LogP contribution in [0, 0.1) is 0 Å². The molecule has 0 radical (unpaired) electrons. The van der Waals surface area contributed by atoms with Crippen LogP contribution < -0.4 is 0 Å². The van der Waals surface area contributed by atoms with Crippen LogP contribution >= 0.6 is 0 Å². The third-order valence-electron chi connectivity index (χ3n) is 1.88. The van der Waals surface area contributed by atoms with E-state index in [1.165, 1.54) is 12.2 Å². The van der Waals surface area contributed by atoms with Gasteiger partial charge in [0.15, 0.2) is 0 Å². The number of allylic oxidation sites excluding steroid dienone is 3. The second kappa shape index (κ2) is 4.95. The highest BCUT2D eigenvalue weighted by Gasteiger charge is 2.25. The summed E-state index contributed by atoms with van der Waals surface area (Å²) in [5.74, 6) is -0.729. The van der Waals surface area contributed by atoms with Crippen molar-refractivity contribution < 1.29 is 19.4 Å². The van der Waals surface area contributed by atoms with Crippen molar-refractivity contribution in [2.75, 3.05) is 0 Å². The number of nitrogens with zero attached hydrogens (tertiary/aromatic N) is 1. The van der Waals surface area contributed by atoms with Crippen molar-refractivity contribution in [3.63, 3.8) is 0 Å². The van der Waals surface area contributed by atoms with Crippen LogP contribution in [0.3, 0.4) is 0 Å². The fraction of sp³-hybridized carbons (Fsp3) is 0.417. The number of esters is 1. The summed E-state index contributed by atoms with van der Waals surface area (Å²) in [7, 11) is 0. The van der Waals surface area contributed by atoms with Crippen LogP contribution in [0.1, 0.15) is 20.8 Å². The lowest BCUT2D eigenvalue weighted by Crippen LogP contribution is -2.28. The first-order valence-electron chi connectivity index (χ1n) is 5.16. The maximum absolute atomic E-state index is 11.8. The number of carbonyl (C=O) groups excluding carboxylic acids is 2. The minimum absolute atomic E-state index is 0.107. The zero-order valence-electron chi connectivity index (χ0n) is 10.0. The maximum atomic E-state index is 11.8. The van der Waals surface area contributed by atoms with E-state index in [1.54, 1.807) is 20.8 Å². The smallest absolute Gasteiger partial charge is 0.337 e. The van der Waals surface area contributed by atoms with Crippen LogP contribution in [-0.2, 0) is 14.3 Å². The molecule has 5 heteroatoms. The first-order valence-corrected chi connectivity index (χ1v) is 5.16. The van der Waals surface area contributed by atoms with Crippen LogP contribution in [0.15, 0.2) is 28.5 Å². The molecule has 0 saturated heterocycles. The van der Waals surface area contributed by atoms with Crippen molar-refractivity contribution in [2.45, 2.75) is 32.4 Å². The molecule has 0 amide bonds. The number of aliphatic hydroxyl groups excluding tert-OH is 1. The highest BCUT2D eigenvalue weighted by molar-refractivity contribution is 5.97. The summed E-state index contributed by atoms with van der Waals surface area (Å²) in [6.45, 7) is 5.19. The van der Waals surface area contributed by atoms with Crippen molar-refractivity contribution in [3.05, 3.63) is 23.5 Å². The quantitative estimate of drug-likeness (QED) is 0.581. The van der Waals surface area contributed by atoms with Gasteiger partial charge in [0, 0.05) is 0 Å². The van der Waals surface area contributed by atoms with Gasteiger partial charge in [-0.3, -0.25) is 4.99 Å². The van der Waals surface area contributed by atoms with Gasteiger partial charge in [-0.05, 0) is 32.9 Å². The standard InChI is InChI=1S/C12H15NO4/c1-12(2,3)17-11(16)9-5-4-8(15)6-13-10(9)7-14/h4-7,10,15H,1-3H3. The maximum Gasteiger partial charge on any atom is 0.337 e. The Morgan fingerprint density at radius 3 is 2.65 bits per heavy atom. The molecule has 1 aliphatic heterocycles. The van der Waals surface area contributed by atoms with E-state index in [9.17, 15) is 14.7 Å². The molecule has 17 heavy (non-hydrogen) atoms. The van der Waals surface area contributed by atoms with Gasteiger partial charge in [-0.1, -0.05) is 0 Å². The molecular weight excluding hydrogens is 222 g/mol. The second-order valence-corrected chi connectivity index (χ2v) is 4.57. The van der Waals surface area contributed by atoms with Crippen molar-refractivity contribution in [3.8, 4) is 0 Å². The van der Waals surface area contributed by atoms with Crippen molar-refractivity contribution in [1.82, 2.24) is 0 Å². The number of carbonyl (C=O) groups is 2. The normalized spacial score (nSPS) is 20.1. The SMILES string of the molecule is CC(C)(C)OC(=O)C1=CC=C(O)C=NC1C=O. The molecule has 0 aromatic carbocycles. The summed E-state index contributed by atoms with van der Waals surface area (Å²) in [4.78, 5) is 26.4. The largest absolute Gasteiger partial charge is 0.506 e. The van der Waals surface area contributed by atoms with Gasteiger partial charge in [0.05, 0.1) is 11.8 Å². The van der Waals surface area contributed by atoms with Crippen LogP contribution in [0.25, 0.3) is 0 Å². The Balaban J connectivity index is 2.97. The third kappa shape index (κ3) is 3.86. The number of rotatable bonds is 2. The molecule has 1 aliphatic rings. The molecule has 1 atom stereocenters. The average molecular weight is 237 g/mol. The van der Waals surface area contributed by atoms with Gasteiger partial charge < -0.3 is 14.6 Å². The Bertz CT molecular complexity index is 413. The lowest BCUT2D eigenvalue weighted by molar-refractivity contribution is -0.150. The number of ether oxygens (including phenoxy) is 1. The van der Waals surface area contributed by atoms with Gasteiger partial charge in [-0.2, -0.15) is 0 Å². The summed E-state index contributed by atoms with van der Waals surface area (Å²) < 4.78 is 5.15. The molecule has 1 rings (SSSR count). The summed E-state index contributed by atoms with van der Waals surface area (Å²) in [5.41, 5.74) is -0.539. The monoisotopic (exact) mass is 237 g/mol. The zero-order valence-corrected chi connectivity index (χ0v) is 10.0. The Kier molecular flexibility index (Phi) is 3.83. The molecule has 0 bridgehead atoms. The fourth-order valence-electron chi connectivity index (χ4n) is 1.19. The van der Waals surface area contributed by atoms with E-state index in [0.29, 0.717) is 6.29 Å². The highest BCUT2D eigenvalue weighted by Crippen LogP contribution is 2.16. The summed E-state index contributed by atoms with van der Waals surface area (Å²) in [6, 6.07) is -0.939. The van der Waals surface area contributed by atoms with Gasteiger partial charge in [-0.15, -0.1) is 0 Å². The Hall–Kier alpha value is -1.91. The lowest BCUT2D eigenvalue weighted by Gasteiger charge is -2.21. The molecule has 1 heterocycles. The topological polar surface area (TPSA) is 76.0 Å². The molecule has 0 aliphatic carbocycles. The van der Waals surface area contributed by atoms with E-state index in [4.69, 9.17) is 4.74 Å². The van der Waals surface area contributed by atoms with Crippen LogP contribution in [0.4, 0.5) is 0 Å². The molecule has 0 aromatic rings. The van der Waals surface area contributed by atoms with E-state index in [2.05, 4.69) is 4.99 Å². The summed E-state index contributed by atoms with van der Waals surface area (Å²) in [6.07, 6.45) is 4.30. The van der Waals surface area contributed by atoms with Crippen LogP contribution in [-0.4, -0.2) is 35.2 Å². The molecule has 1 N–H and O–H groups in total. The average Bonchev–Trinajstić information content (AvgIpc) is 2.37. The van der Waals surface area contributed by atoms with Crippen molar-refractivity contribution in [2.24, 2.45) is 4.99 Å². The molecule has 92 valence electrons. The number of hydrogen-bond donors (Lipinski definition) is 1. The predicted octanol–water partition coefficient (Wildman–Crippen LogP) is 1.35. The van der Waals surface area contributed by atoms with Gasteiger partial charge >= 0.3 is 5.97 Å². The van der Waals surface area contributed by atoms with Crippen molar-refractivity contribution in [1.29, 1.82) is 0 Å². The minimum Gasteiger partial charge on any atom is -0.506 e. The first-order chi connectivity index (χ1) is 7.83. The van der Waals surface area contributed by atoms with Crippen LogP contribution in [0.2, 0.25) is 0 Å². The van der Waals surface area contributed by atoms with E-state index in [1.807, 2.05) is 0 Å². The Morgan fingerprint density at radius 2 is 2.12 bits per heavy atom. The summed E-state index contributed by atoms with van der Waals surface area (Å²) >= 11 is 0. The lowest BCUT2D eigenvalue weighted by atomic mass is 10.1. The van der Waals surface area contributed by atoms with E-state index >= 15 is 0 Å². The van der Waals surface area contributed by atoms with E-state index in [0.717, 1.165) is 6.21 Å². The predicted molar refractivity (Wildman–Crippen MR) is 63.0 cm³/mol. The molecule has 0 saturated carbocycles. The molecule has 0 fully saturated rings. The first kappa shape index (κ1) is 13.2. The number of aldehydes is 1. The molecule has 0 spiro atoms. The van der Waals surface area contributed by atoms with Gasteiger partial charge in [-0.25, -0.2) is 4.79 Å². The van der Waals surface area contributed by atoms with Gasteiger partial charge in [0.2, 0.25) is 0 Å². The van der Waals surface area contributed by atoms with E-state index in [-0.39, 0.29) is 11.3 Å². The third-order valence-corrected chi connectivity index (χ3v) is 1.88. The number of aliphatic hydroxyl groups is 1. The Morgan fingerprint density at radius 1 is 1.47 bits per heavy atom. The minimum atomic E-state index is -0.939. The number of aliphatic imine (C=N–C) groups is 1. The van der Waals surface area contributed by atoms with Crippen molar-refractivity contribution >= 4 is 18.5 Å². The van der Waals surface area contributed by atoms with Crippen LogP contribution in [0.5, 0.6) is 0 Å². The number of hydrogen-bond acceptors (Lipinski definition) is 5. The fourth-order valence-corrected chi connectivity index (χ4v) is 1.19. The summed E-state index contributed by atoms with van der Waals surface area (Å²) in [5, 5.41) is 9.23. The molecule has 0 aromatic heterocycles. The molecule has 5 nitrogen and oxygen atoms in total. The molecule has 1 unspecified atom stereocenters. The Labute approximate surface area is 99.5 Å². The highest BCUT2D eigenvalue weighted by atomic mass is 16.6. The zero-order chi connectivity index (χ0) is 13.1. The van der Waals surface area contributed by atoms with Gasteiger partial charge in [0.25, 0.3) is 0 Å². The molecular formula is C12H15NO4. The van der Waals surface area contributed by atoms with E-state index < -0.39 is 17.6 Å². The second-order valence-electron chi connectivity index (χ2n) is 4.57. The van der Waals surface area contributed by atoms with Gasteiger partial charge in [0.1, 0.15) is 23.7 Å².